The molecular formula is C19H30ClN. The highest BCUT2D eigenvalue weighted by Gasteiger charge is 2.41. The molecule has 0 spiro atoms. The third kappa shape index (κ3) is 4.47. The van der Waals surface area contributed by atoms with Gasteiger partial charge in [-0.2, -0.15) is 0 Å². The lowest BCUT2D eigenvalue weighted by molar-refractivity contribution is 0.155. The van der Waals surface area contributed by atoms with E-state index in [4.69, 9.17) is 11.6 Å². The first-order valence-electron chi connectivity index (χ1n) is 8.53. The lowest BCUT2D eigenvalue weighted by Crippen LogP contribution is -2.46. The number of halogens is 1. The van der Waals surface area contributed by atoms with Gasteiger partial charge in [-0.25, -0.2) is 0 Å². The fourth-order valence-electron chi connectivity index (χ4n) is 4.24. The molecule has 1 fully saturated rings. The van der Waals surface area contributed by atoms with E-state index in [9.17, 15) is 0 Å². The molecule has 1 atom stereocenters. The summed E-state index contributed by atoms with van der Waals surface area (Å²) in [5, 5.41) is 4.65. The molecule has 1 N–H and O–H groups in total. The van der Waals surface area contributed by atoms with E-state index in [-0.39, 0.29) is 0 Å². The van der Waals surface area contributed by atoms with Gasteiger partial charge in [0.05, 0.1) is 0 Å². The number of rotatable bonds is 7. The van der Waals surface area contributed by atoms with Crippen molar-refractivity contribution in [3.05, 3.63) is 34.9 Å². The summed E-state index contributed by atoms with van der Waals surface area (Å²) in [6.07, 6.45) is 7.98. The minimum Gasteiger partial charge on any atom is -0.313 e. The van der Waals surface area contributed by atoms with Crippen LogP contribution < -0.4 is 5.32 Å². The average molecular weight is 308 g/mol. The van der Waals surface area contributed by atoms with Crippen molar-refractivity contribution in [2.75, 3.05) is 6.54 Å². The molecule has 2 rings (SSSR count). The van der Waals surface area contributed by atoms with Gasteiger partial charge in [-0.3, -0.25) is 0 Å². The van der Waals surface area contributed by atoms with Crippen molar-refractivity contribution in [3.63, 3.8) is 0 Å². The number of nitrogens with one attached hydrogen (secondary N) is 1. The molecule has 1 saturated carbocycles. The van der Waals surface area contributed by atoms with Gasteiger partial charge in [0.25, 0.3) is 0 Å². The Hall–Kier alpha value is -0.530. The maximum absolute atomic E-state index is 6.16. The first-order valence-corrected chi connectivity index (χ1v) is 8.91. The SMILES string of the molecule is CCNC(Cc1cccc(Cl)c1)C1(CC(C)C)CCCC1. The van der Waals surface area contributed by atoms with Crippen molar-refractivity contribution >= 4 is 11.6 Å². The van der Waals surface area contributed by atoms with Gasteiger partial charge in [0.15, 0.2) is 0 Å². The Kier molecular flexibility index (Phi) is 6.13. The van der Waals surface area contributed by atoms with Crippen LogP contribution in [-0.4, -0.2) is 12.6 Å². The third-order valence-electron chi connectivity index (χ3n) is 4.93. The Morgan fingerprint density at radius 1 is 1.24 bits per heavy atom. The second-order valence-electron chi connectivity index (χ2n) is 7.11. The Bertz CT molecular complexity index is 435. The monoisotopic (exact) mass is 307 g/mol. The van der Waals surface area contributed by atoms with E-state index < -0.39 is 0 Å². The highest BCUT2D eigenvalue weighted by atomic mass is 35.5. The smallest absolute Gasteiger partial charge is 0.0408 e. The summed E-state index contributed by atoms with van der Waals surface area (Å²) in [6, 6.07) is 8.96. The third-order valence-corrected chi connectivity index (χ3v) is 5.17. The summed E-state index contributed by atoms with van der Waals surface area (Å²) in [6.45, 7) is 8.00. The van der Waals surface area contributed by atoms with Crippen molar-refractivity contribution in [2.45, 2.75) is 65.3 Å². The summed E-state index contributed by atoms with van der Waals surface area (Å²) < 4.78 is 0. The summed E-state index contributed by atoms with van der Waals surface area (Å²) in [4.78, 5) is 0. The second kappa shape index (κ2) is 7.65. The van der Waals surface area contributed by atoms with E-state index in [0.29, 0.717) is 11.5 Å². The molecule has 0 heterocycles. The van der Waals surface area contributed by atoms with Crippen molar-refractivity contribution in [3.8, 4) is 0 Å². The zero-order chi connectivity index (χ0) is 15.3. The molecule has 0 aliphatic heterocycles. The fourth-order valence-corrected chi connectivity index (χ4v) is 4.45. The summed E-state index contributed by atoms with van der Waals surface area (Å²) >= 11 is 6.16. The minimum atomic E-state index is 0.479. The van der Waals surface area contributed by atoms with Gasteiger partial charge >= 0.3 is 0 Å². The van der Waals surface area contributed by atoms with Crippen LogP contribution in [0.25, 0.3) is 0 Å². The summed E-state index contributed by atoms with van der Waals surface area (Å²) in [5.41, 5.74) is 1.84. The molecule has 1 aromatic rings. The highest BCUT2D eigenvalue weighted by Crippen LogP contribution is 2.46. The maximum Gasteiger partial charge on any atom is 0.0408 e. The van der Waals surface area contributed by atoms with Crippen LogP contribution in [-0.2, 0) is 6.42 Å². The quantitative estimate of drug-likeness (QED) is 0.704. The molecule has 0 amide bonds. The van der Waals surface area contributed by atoms with Crippen molar-refractivity contribution < 1.29 is 0 Å². The topological polar surface area (TPSA) is 12.0 Å². The second-order valence-corrected chi connectivity index (χ2v) is 7.55. The van der Waals surface area contributed by atoms with E-state index in [1.807, 2.05) is 6.07 Å². The molecule has 118 valence electrons. The van der Waals surface area contributed by atoms with Crippen LogP contribution in [0.15, 0.2) is 24.3 Å². The Morgan fingerprint density at radius 2 is 1.95 bits per heavy atom. The van der Waals surface area contributed by atoms with Crippen LogP contribution in [0.2, 0.25) is 5.02 Å². The summed E-state index contributed by atoms with van der Waals surface area (Å²) in [5.74, 6) is 0.767. The zero-order valence-electron chi connectivity index (χ0n) is 13.8. The van der Waals surface area contributed by atoms with Crippen LogP contribution in [0.3, 0.4) is 0 Å². The fraction of sp³-hybridized carbons (Fsp3) is 0.684. The molecule has 2 heteroatoms. The number of hydrogen-bond donors (Lipinski definition) is 1. The van der Waals surface area contributed by atoms with E-state index in [1.165, 1.54) is 37.7 Å². The van der Waals surface area contributed by atoms with Crippen LogP contribution in [0.1, 0.15) is 58.4 Å². The van der Waals surface area contributed by atoms with Crippen LogP contribution >= 0.6 is 11.6 Å². The average Bonchev–Trinajstić information content (AvgIpc) is 2.87. The molecule has 1 aliphatic rings. The Labute approximate surface area is 135 Å². The van der Waals surface area contributed by atoms with Crippen molar-refractivity contribution in [2.24, 2.45) is 11.3 Å². The summed E-state index contributed by atoms with van der Waals surface area (Å²) in [7, 11) is 0. The minimum absolute atomic E-state index is 0.479. The predicted octanol–water partition coefficient (Wildman–Crippen LogP) is 5.47. The molecule has 0 saturated heterocycles. The van der Waals surface area contributed by atoms with Gasteiger partial charge in [-0.1, -0.05) is 57.3 Å². The largest absolute Gasteiger partial charge is 0.313 e. The molecule has 21 heavy (non-hydrogen) atoms. The highest BCUT2D eigenvalue weighted by molar-refractivity contribution is 6.30. The van der Waals surface area contributed by atoms with E-state index in [0.717, 1.165) is 23.9 Å². The van der Waals surface area contributed by atoms with Crippen molar-refractivity contribution in [1.82, 2.24) is 5.32 Å². The first-order chi connectivity index (χ1) is 10.1. The van der Waals surface area contributed by atoms with Gasteiger partial charge in [0, 0.05) is 11.1 Å². The lowest BCUT2D eigenvalue weighted by Gasteiger charge is -2.40. The lowest BCUT2D eigenvalue weighted by atomic mass is 9.71. The predicted molar refractivity (Wildman–Crippen MR) is 93.0 cm³/mol. The van der Waals surface area contributed by atoms with E-state index in [1.54, 1.807) is 0 Å². The zero-order valence-corrected chi connectivity index (χ0v) is 14.5. The van der Waals surface area contributed by atoms with Crippen LogP contribution in [0.5, 0.6) is 0 Å². The van der Waals surface area contributed by atoms with Gasteiger partial charge in [-0.15, -0.1) is 0 Å². The van der Waals surface area contributed by atoms with Crippen LogP contribution in [0.4, 0.5) is 0 Å². The molecule has 0 bridgehead atoms. The first kappa shape index (κ1) is 16.8. The standard InChI is InChI=1S/C19H30ClN/c1-4-21-18(13-16-8-7-9-17(20)12-16)19(14-15(2)3)10-5-6-11-19/h7-9,12,15,18,21H,4-6,10-11,13-14H2,1-3H3. The van der Waals surface area contributed by atoms with E-state index in [2.05, 4.69) is 44.3 Å². The molecular weight excluding hydrogens is 278 g/mol. The van der Waals surface area contributed by atoms with E-state index >= 15 is 0 Å². The van der Waals surface area contributed by atoms with Gasteiger partial charge < -0.3 is 5.32 Å². The maximum atomic E-state index is 6.16. The number of hydrogen-bond acceptors (Lipinski definition) is 1. The van der Waals surface area contributed by atoms with Gasteiger partial charge in [0.2, 0.25) is 0 Å². The Morgan fingerprint density at radius 3 is 2.52 bits per heavy atom. The molecule has 1 nitrogen and oxygen atoms in total. The number of likely N-dealkylation sites (N-methyl/N-ethyl adjacent to an activating group) is 1. The molecule has 1 unspecified atom stereocenters. The normalized spacial score (nSPS) is 19.1. The Balaban J connectivity index is 2.19. The van der Waals surface area contributed by atoms with Gasteiger partial charge in [-0.05, 0) is 61.3 Å². The van der Waals surface area contributed by atoms with Crippen LogP contribution in [0, 0.1) is 11.3 Å². The van der Waals surface area contributed by atoms with Crippen molar-refractivity contribution in [1.29, 1.82) is 0 Å². The van der Waals surface area contributed by atoms with Gasteiger partial charge in [0.1, 0.15) is 0 Å². The molecule has 0 aromatic heterocycles. The number of benzene rings is 1. The molecule has 1 aromatic carbocycles. The molecule has 0 radical (unpaired) electrons. The molecule has 1 aliphatic carbocycles.